The molecule has 1 aromatic carbocycles. The van der Waals surface area contributed by atoms with Crippen LogP contribution in [0.1, 0.15) is 11.3 Å². The van der Waals surface area contributed by atoms with E-state index in [-0.39, 0.29) is 11.2 Å². The van der Waals surface area contributed by atoms with Gasteiger partial charge in [-0.2, -0.15) is 44.6 Å². The van der Waals surface area contributed by atoms with Gasteiger partial charge in [0, 0.05) is 29.1 Å². The van der Waals surface area contributed by atoms with Crippen molar-refractivity contribution in [1.29, 1.82) is 0 Å². The highest BCUT2D eigenvalue weighted by Gasteiger charge is 2.38. The van der Waals surface area contributed by atoms with Gasteiger partial charge in [0.05, 0.1) is 17.5 Å². The Morgan fingerprint density at radius 1 is 0.829 bits per heavy atom. The topological polar surface area (TPSA) is 52.3 Å². The number of hydrogen-bond donors (Lipinski definition) is 0. The summed E-state index contributed by atoms with van der Waals surface area (Å²) in [6.07, 6.45) is -11.2. The van der Waals surface area contributed by atoms with Crippen LogP contribution >= 0.6 is 0 Å². The monoisotopic (exact) mass is 506 g/mol. The summed E-state index contributed by atoms with van der Waals surface area (Å²) in [6, 6.07) is 5.41. The Morgan fingerprint density at radius 3 is 2.17 bits per heavy atom. The molecule has 0 spiro atoms. The van der Waals surface area contributed by atoms with Crippen LogP contribution in [0.15, 0.2) is 55.0 Å². The number of benzene rings is 1. The fraction of sp³-hybridized carbons (Fsp3) is 0.190. The number of ether oxygens (including phenoxy) is 1. The lowest BCUT2D eigenvalue weighted by atomic mass is 10.1. The Kier molecular flexibility index (Phi) is 5.85. The zero-order valence-corrected chi connectivity index (χ0v) is 17.0. The molecular formula is C21H11F9N4O. The number of rotatable bonds is 4. The number of halogens is 9. The number of hydrogen-bond acceptors (Lipinski definition) is 4. The first-order valence-electron chi connectivity index (χ1n) is 9.51. The molecule has 3 heterocycles. The maximum absolute atomic E-state index is 13.8. The molecule has 0 N–H and O–H groups in total. The Hall–Kier alpha value is -3.84. The molecule has 4 aromatic rings. The number of aromatic nitrogens is 4. The third-order valence-corrected chi connectivity index (χ3v) is 4.71. The molecule has 0 bridgehead atoms. The fourth-order valence-electron chi connectivity index (χ4n) is 3.23. The van der Waals surface area contributed by atoms with E-state index in [4.69, 9.17) is 0 Å². The summed E-state index contributed by atoms with van der Waals surface area (Å²) in [6.45, 7) is -1.98. The summed E-state index contributed by atoms with van der Waals surface area (Å²) in [5, 5.41) is 3.71. The van der Waals surface area contributed by atoms with Crippen molar-refractivity contribution in [1.82, 2.24) is 19.6 Å². The van der Waals surface area contributed by atoms with E-state index in [2.05, 4.69) is 19.8 Å². The van der Waals surface area contributed by atoms with Crippen molar-refractivity contribution >= 4 is 5.65 Å². The molecule has 184 valence electrons. The van der Waals surface area contributed by atoms with Gasteiger partial charge in [0.15, 0.2) is 17.9 Å². The maximum Gasteiger partial charge on any atom is 0.433 e. The van der Waals surface area contributed by atoms with Crippen molar-refractivity contribution in [3.8, 4) is 28.1 Å². The van der Waals surface area contributed by atoms with Crippen molar-refractivity contribution in [2.75, 3.05) is 6.61 Å². The third-order valence-electron chi connectivity index (χ3n) is 4.71. The molecular weight excluding hydrogens is 495 g/mol. The molecule has 3 aromatic heterocycles. The van der Waals surface area contributed by atoms with Crippen molar-refractivity contribution in [3.63, 3.8) is 0 Å². The molecule has 0 amide bonds. The van der Waals surface area contributed by atoms with Crippen molar-refractivity contribution < 1.29 is 44.3 Å². The van der Waals surface area contributed by atoms with E-state index < -0.39 is 53.4 Å². The average Bonchev–Trinajstić information content (AvgIpc) is 3.19. The standard InChI is InChI=1S/C21H11F9N4O/c22-19(23,24)10-35-16-4-3-11(6-14(16)20(25,26)27)15-7-17(21(28,29)30)34-18(33-15)13(9-32-34)12-2-1-5-31-8-12/h1-9H,10H2. The van der Waals surface area contributed by atoms with Gasteiger partial charge in [-0.3, -0.25) is 4.98 Å². The van der Waals surface area contributed by atoms with Crippen molar-refractivity contribution in [2.24, 2.45) is 0 Å². The molecule has 0 aliphatic carbocycles. The van der Waals surface area contributed by atoms with Gasteiger partial charge >= 0.3 is 18.5 Å². The molecule has 4 rings (SSSR count). The van der Waals surface area contributed by atoms with Crippen LogP contribution in [0.2, 0.25) is 0 Å². The predicted molar refractivity (Wildman–Crippen MR) is 103 cm³/mol. The fourth-order valence-corrected chi connectivity index (χ4v) is 3.23. The number of alkyl halides is 9. The lowest BCUT2D eigenvalue weighted by Crippen LogP contribution is -2.21. The molecule has 0 saturated carbocycles. The van der Waals surface area contributed by atoms with Gasteiger partial charge in [0.25, 0.3) is 0 Å². The Labute approximate surface area is 189 Å². The van der Waals surface area contributed by atoms with E-state index in [0.29, 0.717) is 28.3 Å². The van der Waals surface area contributed by atoms with Crippen LogP contribution in [-0.4, -0.2) is 32.4 Å². The summed E-state index contributed by atoms with van der Waals surface area (Å²) in [4.78, 5) is 7.95. The highest BCUT2D eigenvalue weighted by atomic mass is 19.4. The van der Waals surface area contributed by atoms with Crippen molar-refractivity contribution in [2.45, 2.75) is 18.5 Å². The van der Waals surface area contributed by atoms with E-state index in [1.165, 1.54) is 24.5 Å². The van der Waals surface area contributed by atoms with Gasteiger partial charge in [-0.25, -0.2) is 9.50 Å². The van der Waals surface area contributed by atoms with Gasteiger partial charge in [-0.15, -0.1) is 0 Å². The van der Waals surface area contributed by atoms with E-state index in [0.717, 1.165) is 12.3 Å². The van der Waals surface area contributed by atoms with Crippen molar-refractivity contribution in [3.05, 3.63) is 66.2 Å². The molecule has 0 atom stereocenters. The number of fused-ring (bicyclic) bond motifs is 1. The van der Waals surface area contributed by atoms with Crippen LogP contribution < -0.4 is 4.74 Å². The van der Waals surface area contributed by atoms with Gasteiger partial charge < -0.3 is 4.74 Å². The first-order chi connectivity index (χ1) is 16.2. The van der Waals surface area contributed by atoms with Crippen LogP contribution in [-0.2, 0) is 12.4 Å². The second kappa shape index (κ2) is 8.43. The Morgan fingerprint density at radius 2 is 1.57 bits per heavy atom. The minimum absolute atomic E-state index is 0.131. The van der Waals surface area contributed by atoms with Gasteiger partial charge in [0.1, 0.15) is 5.75 Å². The number of nitrogens with zero attached hydrogens (tertiary/aromatic N) is 4. The average molecular weight is 506 g/mol. The van der Waals surface area contributed by atoms with Gasteiger partial charge in [-0.1, -0.05) is 6.07 Å². The molecule has 0 unspecified atom stereocenters. The Bertz CT molecular complexity index is 1360. The SMILES string of the molecule is FC(F)(F)COc1ccc(-c2cc(C(F)(F)F)n3ncc(-c4cccnc4)c3n2)cc1C(F)(F)F. The largest absolute Gasteiger partial charge is 0.483 e. The summed E-state index contributed by atoms with van der Waals surface area (Å²) >= 11 is 0. The molecule has 0 aliphatic heterocycles. The van der Waals surface area contributed by atoms with E-state index in [9.17, 15) is 39.5 Å². The smallest absolute Gasteiger partial charge is 0.433 e. The van der Waals surface area contributed by atoms with E-state index >= 15 is 0 Å². The summed E-state index contributed by atoms with van der Waals surface area (Å²) in [5.41, 5.74) is -3.69. The van der Waals surface area contributed by atoms with Crippen LogP contribution in [0.4, 0.5) is 39.5 Å². The quantitative estimate of drug-likeness (QED) is 0.299. The Balaban J connectivity index is 1.90. The normalized spacial score (nSPS) is 12.8. The molecule has 14 heteroatoms. The molecule has 0 fully saturated rings. The molecule has 35 heavy (non-hydrogen) atoms. The first kappa shape index (κ1) is 24.3. The molecule has 0 aliphatic rings. The minimum Gasteiger partial charge on any atom is -0.483 e. The predicted octanol–water partition coefficient (Wildman–Crippen LogP) is 6.44. The van der Waals surface area contributed by atoms with Gasteiger partial charge in [-0.05, 0) is 30.3 Å². The van der Waals surface area contributed by atoms with Crippen LogP contribution in [0.3, 0.4) is 0 Å². The number of pyridine rings is 1. The lowest BCUT2D eigenvalue weighted by molar-refractivity contribution is -0.158. The summed E-state index contributed by atoms with van der Waals surface area (Å²) in [7, 11) is 0. The molecule has 5 nitrogen and oxygen atoms in total. The van der Waals surface area contributed by atoms with Crippen LogP contribution in [0.25, 0.3) is 28.0 Å². The first-order valence-corrected chi connectivity index (χ1v) is 9.51. The highest BCUT2D eigenvalue weighted by molar-refractivity contribution is 5.78. The highest BCUT2D eigenvalue weighted by Crippen LogP contribution is 2.40. The summed E-state index contributed by atoms with van der Waals surface area (Å²) in [5.74, 6) is -1.13. The summed E-state index contributed by atoms with van der Waals surface area (Å²) < 4.78 is 124. The molecule has 0 saturated heterocycles. The third kappa shape index (κ3) is 5.15. The maximum atomic E-state index is 13.8. The molecule has 0 radical (unpaired) electrons. The zero-order valence-electron chi connectivity index (χ0n) is 17.0. The van der Waals surface area contributed by atoms with E-state index in [1.54, 1.807) is 0 Å². The minimum atomic E-state index is -5.16. The second-order valence-electron chi connectivity index (χ2n) is 7.17. The van der Waals surface area contributed by atoms with E-state index in [1.807, 2.05) is 0 Å². The van der Waals surface area contributed by atoms with Crippen LogP contribution in [0, 0.1) is 0 Å². The van der Waals surface area contributed by atoms with Gasteiger partial charge in [0.2, 0.25) is 0 Å². The second-order valence-corrected chi connectivity index (χ2v) is 7.17. The van der Waals surface area contributed by atoms with Crippen LogP contribution in [0.5, 0.6) is 5.75 Å². The zero-order chi connectivity index (χ0) is 25.6. The lowest BCUT2D eigenvalue weighted by Gasteiger charge is -2.17.